The van der Waals surface area contributed by atoms with E-state index in [9.17, 15) is 0 Å². The second kappa shape index (κ2) is 13.0. The Morgan fingerprint density at radius 1 is 0.558 bits per heavy atom. The largest absolute Gasteiger partial charge is 0.456 e. The lowest BCUT2D eigenvalue weighted by Gasteiger charge is -2.21. The lowest BCUT2D eigenvalue weighted by molar-refractivity contribution is 0.591. The Labute approximate surface area is 306 Å². The molecule has 0 atom stereocenters. The summed E-state index contributed by atoms with van der Waals surface area (Å²) in [6, 6.07) is 56.0. The highest BCUT2D eigenvalue weighted by Gasteiger charge is 2.30. The quantitative estimate of drug-likeness (QED) is 0.133. The van der Waals surface area contributed by atoms with Gasteiger partial charge in [-0.2, -0.15) is 0 Å². The molecule has 2 N–H and O–H groups in total. The van der Waals surface area contributed by atoms with Gasteiger partial charge in [0.2, 0.25) is 0 Å². The van der Waals surface area contributed by atoms with Crippen LogP contribution in [0.3, 0.4) is 0 Å². The first kappa shape index (κ1) is 32.0. The molecule has 250 valence electrons. The SMILES string of the molecule is C/C(=C\C(=C/N)P(=O)(c1ccccc1)c1ccccc1)c1ccc2sc3ccc(-c4ccc5oc6ccc(-c7ccccc7)cc6c5c4)cc3c2c1. The van der Waals surface area contributed by atoms with Crippen LogP contribution in [0.25, 0.3) is 69.9 Å². The van der Waals surface area contributed by atoms with E-state index < -0.39 is 7.14 Å². The third-order valence-electron chi connectivity index (χ3n) is 9.97. The zero-order valence-corrected chi connectivity index (χ0v) is 30.2. The summed E-state index contributed by atoms with van der Waals surface area (Å²) in [4.78, 5) is 0. The monoisotopic (exact) mass is 707 g/mol. The first-order valence-corrected chi connectivity index (χ1v) is 19.8. The number of thiophene rings is 1. The second-order valence-electron chi connectivity index (χ2n) is 13.1. The van der Waals surface area contributed by atoms with Crippen LogP contribution in [0.15, 0.2) is 186 Å². The summed E-state index contributed by atoms with van der Waals surface area (Å²) in [5.41, 5.74) is 14.8. The molecular weight excluding hydrogens is 674 g/mol. The Balaban J connectivity index is 1.11. The van der Waals surface area contributed by atoms with Gasteiger partial charge in [0, 0.05) is 53.1 Å². The van der Waals surface area contributed by atoms with Crippen LogP contribution in [0, 0.1) is 0 Å². The summed E-state index contributed by atoms with van der Waals surface area (Å²) in [7, 11) is -3.22. The third kappa shape index (κ3) is 5.49. The summed E-state index contributed by atoms with van der Waals surface area (Å²) >= 11 is 1.80. The van der Waals surface area contributed by atoms with E-state index in [0.29, 0.717) is 5.31 Å². The Morgan fingerprint density at radius 2 is 1.04 bits per heavy atom. The molecule has 0 spiro atoms. The van der Waals surface area contributed by atoms with Gasteiger partial charge in [-0.1, -0.05) is 115 Å². The predicted octanol–water partition coefficient (Wildman–Crippen LogP) is 12.5. The molecule has 0 amide bonds. The van der Waals surface area contributed by atoms with E-state index in [1.165, 1.54) is 37.5 Å². The van der Waals surface area contributed by atoms with Crippen LogP contribution in [-0.2, 0) is 4.57 Å². The Hall–Kier alpha value is -5.93. The van der Waals surface area contributed by atoms with Gasteiger partial charge in [0.05, 0.1) is 0 Å². The summed E-state index contributed by atoms with van der Waals surface area (Å²) in [5.74, 6) is 0. The van der Waals surface area contributed by atoms with Crippen molar-refractivity contribution in [1.82, 2.24) is 0 Å². The fourth-order valence-electron chi connectivity index (χ4n) is 7.24. The molecule has 0 unspecified atom stereocenters. The van der Waals surface area contributed by atoms with Crippen molar-refractivity contribution < 1.29 is 8.98 Å². The number of fused-ring (bicyclic) bond motifs is 6. The molecule has 0 aliphatic rings. The van der Waals surface area contributed by atoms with Crippen molar-refractivity contribution in [3.8, 4) is 22.3 Å². The number of benzene rings is 7. The molecule has 52 heavy (non-hydrogen) atoms. The van der Waals surface area contributed by atoms with Gasteiger partial charge in [-0.05, 0) is 94.9 Å². The van der Waals surface area contributed by atoms with Gasteiger partial charge in [0.15, 0.2) is 7.14 Å². The standard InChI is InChI=1S/C47H34NO2PS/c1-31(25-39(30-48)51(49,37-13-7-3-8-14-37)38-15-9-4-10-16-38)33-19-23-46-42(26-33)43-29-36(20-24-47(43)52-46)35-18-22-45-41(28-35)40-27-34(17-21-44(40)50-45)32-11-5-2-6-12-32/h2-30H,48H2,1H3/b31-25+,39-30+. The van der Waals surface area contributed by atoms with E-state index in [0.717, 1.165) is 54.8 Å². The number of hydrogen-bond acceptors (Lipinski definition) is 4. The number of allylic oxidation sites excluding steroid dienone is 3. The first-order chi connectivity index (χ1) is 25.5. The Morgan fingerprint density at radius 3 is 1.62 bits per heavy atom. The fraction of sp³-hybridized carbons (Fsp3) is 0.0213. The van der Waals surface area contributed by atoms with Crippen LogP contribution in [0.5, 0.6) is 0 Å². The summed E-state index contributed by atoms with van der Waals surface area (Å²) in [6.45, 7) is 2.07. The summed E-state index contributed by atoms with van der Waals surface area (Å²) < 4.78 is 23.8. The molecule has 0 saturated heterocycles. The maximum absolute atomic E-state index is 15.1. The molecule has 2 heterocycles. The number of furan rings is 1. The molecule has 0 fully saturated rings. The minimum Gasteiger partial charge on any atom is -0.456 e. The molecule has 0 aliphatic heterocycles. The van der Waals surface area contributed by atoms with Gasteiger partial charge in [0.25, 0.3) is 0 Å². The van der Waals surface area contributed by atoms with Crippen LogP contribution in [0.2, 0.25) is 0 Å². The van der Waals surface area contributed by atoms with E-state index in [2.05, 4.69) is 104 Å². The van der Waals surface area contributed by atoms with Crippen molar-refractivity contribution in [1.29, 1.82) is 0 Å². The smallest absolute Gasteiger partial charge is 0.172 e. The van der Waals surface area contributed by atoms with Gasteiger partial charge < -0.3 is 14.7 Å². The van der Waals surface area contributed by atoms with E-state index in [1.54, 1.807) is 11.3 Å². The van der Waals surface area contributed by atoms with Crippen molar-refractivity contribution in [2.45, 2.75) is 6.92 Å². The molecule has 0 saturated carbocycles. The van der Waals surface area contributed by atoms with Crippen LogP contribution in [0.1, 0.15) is 12.5 Å². The minimum atomic E-state index is -3.22. The second-order valence-corrected chi connectivity index (χ2v) is 17.0. The molecule has 0 bridgehead atoms. The molecule has 2 aromatic heterocycles. The summed E-state index contributed by atoms with van der Waals surface area (Å²) in [6.07, 6.45) is 3.51. The molecule has 7 aromatic carbocycles. The molecule has 0 radical (unpaired) electrons. The lowest BCUT2D eigenvalue weighted by Crippen LogP contribution is -2.17. The third-order valence-corrected chi connectivity index (χ3v) is 14.2. The average molecular weight is 708 g/mol. The van der Waals surface area contributed by atoms with Gasteiger partial charge in [0.1, 0.15) is 11.2 Å². The Kier molecular flexibility index (Phi) is 8.00. The van der Waals surface area contributed by atoms with Crippen LogP contribution >= 0.6 is 18.5 Å². The normalized spacial score (nSPS) is 12.7. The van der Waals surface area contributed by atoms with Crippen LogP contribution < -0.4 is 16.3 Å². The number of rotatable bonds is 7. The van der Waals surface area contributed by atoms with Gasteiger partial charge in [-0.15, -0.1) is 11.3 Å². The molecular formula is C47H34NO2PS. The van der Waals surface area contributed by atoms with E-state index in [1.807, 2.05) is 72.8 Å². The van der Waals surface area contributed by atoms with Crippen molar-refractivity contribution in [2.75, 3.05) is 0 Å². The van der Waals surface area contributed by atoms with Crippen molar-refractivity contribution in [2.24, 2.45) is 5.73 Å². The van der Waals surface area contributed by atoms with Gasteiger partial charge in [-0.25, -0.2) is 0 Å². The number of nitrogens with two attached hydrogens (primary N) is 1. The predicted molar refractivity (Wildman–Crippen MR) is 223 cm³/mol. The minimum absolute atomic E-state index is 0.609. The Bertz CT molecular complexity index is 2840. The molecule has 5 heteroatoms. The van der Waals surface area contributed by atoms with Gasteiger partial charge >= 0.3 is 0 Å². The van der Waals surface area contributed by atoms with Crippen molar-refractivity contribution >= 4 is 76.8 Å². The van der Waals surface area contributed by atoms with Crippen LogP contribution in [0.4, 0.5) is 0 Å². The fourth-order valence-corrected chi connectivity index (χ4v) is 11.0. The average Bonchev–Trinajstić information content (AvgIpc) is 3.77. The van der Waals surface area contributed by atoms with Gasteiger partial charge in [-0.3, -0.25) is 0 Å². The number of hydrogen-bond donors (Lipinski definition) is 1. The van der Waals surface area contributed by atoms with E-state index in [-0.39, 0.29) is 0 Å². The van der Waals surface area contributed by atoms with Crippen LogP contribution in [-0.4, -0.2) is 0 Å². The van der Waals surface area contributed by atoms with Crippen molar-refractivity contribution in [3.05, 3.63) is 187 Å². The first-order valence-electron chi connectivity index (χ1n) is 17.3. The molecule has 9 aromatic rings. The maximum atomic E-state index is 15.1. The zero-order valence-electron chi connectivity index (χ0n) is 28.5. The highest BCUT2D eigenvalue weighted by Crippen LogP contribution is 2.53. The highest BCUT2D eigenvalue weighted by atomic mass is 32.1. The molecule has 9 rings (SSSR count). The van der Waals surface area contributed by atoms with E-state index >= 15 is 4.57 Å². The molecule has 3 nitrogen and oxygen atoms in total. The zero-order chi connectivity index (χ0) is 35.2. The topological polar surface area (TPSA) is 56.2 Å². The lowest BCUT2D eigenvalue weighted by atomic mass is 9.98. The highest BCUT2D eigenvalue weighted by molar-refractivity contribution is 7.82. The molecule has 0 aliphatic carbocycles. The van der Waals surface area contributed by atoms with Crippen molar-refractivity contribution in [3.63, 3.8) is 0 Å². The van der Waals surface area contributed by atoms with E-state index in [4.69, 9.17) is 10.2 Å². The maximum Gasteiger partial charge on any atom is 0.172 e. The summed E-state index contributed by atoms with van der Waals surface area (Å²) in [5, 5.41) is 6.75.